The van der Waals surface area contributed by atoms with Gasteiger partial charge < -0.3 is 10.6 Å². The third-order valence-electron chi connectivity index (χ3n) is 5.19. The predicted molar refractivity (Wildman–Crippen MR) is 176 cm³/mol. The number of anilines is 4. The number of rotatable bonds is 2. The Morgan fingerprint density at radius 1 is 0.421 bits per heavy atom. The first-order valence-corrected chi connectivity index (χ1v) is 14.2. The SMILES string of the molecule is C1=Cc2ccccc2Nc2ccccc21.CC.CC.CC.CC.Cc1ccccc1Nc1ccccc1C. The van der Waals surface area contributed by atoms with Gasteiger partial charge in [-0.3, -0.25) is 0 Å². The molecule has 0 saturated carbocycles. The molecule has 0 atom stereocenters. The van der Waals surface area contributed by atoms with E-state index in [1.54, 1.807) is 0 Å². The van der Waals surface area contributed by atoms with E-state index in [1.807, 2.05) is 79.7 Å². The summed E-state index contributed by atoms with van der Waals surface area (Å²) >= 11 is 0. The van der Waals surface area contributed by atoms with Crippen LogP contribution in [0.25, 0.3) is 12.2 Å². The molecule has 4 aromatic carbocycles. The van der Waals surface area contributed by atoms with E-state index in [9.17, 15) is 0 Å². The number of aryl methyl sites for hydroxylation is 2. The molecule has 0 aliphatic carbocycles. The number of para-hydroxylation sites is 4. The molecule has 5 rings (SSSR count). The Balaban J connectivity index is 0.000000572. The molecule has 2 N–H and O–H groups in total. The molecule has 1 aliphatic heterocycles. The molecule has 204 valence electrons. The van der Waals surface area contributed by atoms with Crippen molar-refractivity contribution in [3.63, 3.8) is 0 Å². The van der Waals surface area contributed by atoms with E-state index in [0.29, 0.717) is 0 Å². The Kier molecular flexibility index (Phi) is 19.2. The van der Waals surface area contributed by atoms with Crippen LogP contribution in [-0.4, -0.2) is 0 Å². The fourth-order valence-electron chi connectivity index (χ4n) is 3.41. The Bertz CT molecular complexity index is 1080. The molecule has 0 spiro atoms. The van der Waals surface area contributed by atoms with E-state index >= 15 is 0 Å². The molecular formula is C36H50N2. The second kappa shape index (κ2) is 21.3. The summed E-state index contributed by atoms with van der Waals surface area (Å²) in [7, 11) is 0. The molecule has 1 heterocycles. The number of benzene rings is 4. The van der Waals surface area contributed by atoms with Crippen molar-refractivity contribution in [3.05, 3.63) is 119 Å². The highest BCUT2D eigenvalue weighted by Gasteiger charge is 2.06. The molecule has 0 unspecified atom stereocenters. The van der Waals surface area contributed by atoms with Crippen LogP contribution in [0, 0.1) is 13.8 Å². The highest BCUT2D eigenvalue weighted by molar-refractivity contribution is 5.87. The summed E-state index contributed by atoms with van der Waals surface area (Å²) < 4.78 is 0. The lowest BCUT2D eigenvalue weighted by atomic mass is 10.1. The summed E-state index contributed by atoms with van der Waals surface area (Å²) in [5.74, 6) is 0. The minimum absolute atomic E-state index is 1.17. The van der Waals surface area contributed by atoms with Crippen molar-refractivity contribution < 1.29 is 0 Å². The van der Waals surface area contributed by atoms with Crippen LogP contribution < -0.4 is 10.6 Å². The molecule has 0 saturated heterocycles. The lowest BCUT2D eigenvalue weighted by Crippen LogP contribution is -1.94. The molecular weight excluding hydrogens is 460 g/mol. The van der Waals surface area contributed by atoms with E-state index < -0.39 is 0 Å². The zero-order valence-corrected chi connectivity index (χ0v) is 25.4. The third-order valence-corrected chi connectivity index (χ3v) is 5.19. The molecule has 0 radical (unpaired) electrons. The van der Waals surface area contributed by atoms with E-state index in [-0.39, 0.29) is 0 Å². The smallest absolute Gasteiger partial charge is 0.0457 e. The predicted octanol–water partition coefficient (Wildman–Crippen LogP) is 12.1. The first-order valence-electron chi connectivity index (χ1n) is 14.2. The molecule has 0 fully saturated rings. The molecule has 4 aromatic rings. The molecule has 0 aromatic heterocycles. The van der Waals surface area contributed by atoms with Crippen molar-refractivity contribution in [1.82, 2.24) is 0 Å². The standard InChI is InChI=1S/C14H11N.C14H15N.4C2H6/c1-3-7-13-11(5-1)9-10-12-6-2-4-8-14(12)15-13;1-11-7-3-5-9-13(11)15-14-10-6-4-8-12(14)2;4*1-2/h1-10,15H;3-10,15H,1-2H3;4*1-2H3. The summed E-state index contributed by atoms with van der Waals surface area (Å²) in [6, 6.07) is 33.3. The van der Waals surface area contributed by atoms with Crippen LogP contribution in [0.5, 0.6) is 0 Å². The van der Waals surface area contributed by atoms with Crippen molar-refractivity contribution >= 4 is 34.9 Å². The van der Waals surface area contributed by atoms with E-state index in [1.165, 1.54) is 45.0 Å². The van der Waals surface area contributed by atoms with Gasteiger partial charge in [-0.05, 0) is 60.4 Å². The average molecular weight is 511 g/mol. The lowest BCUT2D eigenvalue weighted by molar-refractivity contribution is 1.39. The Labute approximate surface area is 233 Å². The normalized spacial score (nSPS) is 9.42. The van der Waals surface area contributed by atoms with Crippen LogP contribution in [0.1, 0.15) is 77.6 Å². The Morgan fingerprint density at radius 3 is 1.11 bits per heavy atom. The van der Waals surface area contributed by atoms with Gasteiger partial charge in [0.15, 0.2) is 0 Å². The maximum Gasteiger partial charge on any atom is 0.0457 e. The third kappa shape index (κ3) is 11.1. The van der Waals surface area contributed by atoms with Crippen LogP contribution in [0.3, 0.4) is 0 Å². The second-order valence-corrected chi connectivity index (χ2v) is 7.39. The van der Waals surface area contributed by atoms with Gasteiger partial charge in [0.2, 0.25) is 0 Å². The summed E-state index contributed by atoms with van der Waals surface area (Å²) in [6.07, 6.45) is 4.29. The van der Waals surface area contributed by atoms with E-state index in [0.717, 1.165) is 0 Å². The topological polar surface area (TPSA) is 24.1 Å². The van der Waals surface area contributed by atoms with Crippen LogP contribution in [0.4, 0.5) is 22.7 Å². The number of hydrogen-bond donors (Lipinski definition) is 2. The van der Waals surface area contributed by atoms with Gasteiger partial charge in [0.25, 0.3) is 0 Å². The molecule has 1 aliphatic rings. The average Bonchev–Trinajstić information content (AvgIpc) is 3.19. The fraction of sp³-hybridized carbons (Fsp3) is 0.278. The van der Waals surface area contributed by atoms with Gasteiger partial charge in [-0.1, -0.05) is 140 Å². The van der Waals surface area contributed by atoms with Gasteiger partial charge in [0.05, 0.1) is 0 Å². The number of nitrogens with one attached hydrogen (secondary N) is 2. The van der Waals surface area contributed by atoms with Crippen molar-refractivity contribution in [2.45, 2.75) is 69.2 Å². The summed E-state index contributed by atoms with van der Waals surface area (Å²) in [5.41, 5.74) is 9.67. The van der Waals surface area contributed by atoms with Crippen molar-refractivity contribution in [1.29, 1.82) is 0 Å². The van der Waals surface area contributed by atoms with Crippen LogP contribution in [0.15, 0.2) is 97.1 Å². The van der Waals surface area contributed by atoms with Gasteiger partial charge in [0.1, 0.15) is 0 Å². The van der Waals surface area contributed by atoms with Gasteiger partial charge >= 0.3 is 0 Å². The largest absolute Gasteiger partial charge is 0.355 e. The first-order chi connectivity index (χ1) is 18.7. The summed E-state index contributed by atoms with van der Waals surface area (Å²) in [5, 5.41) is 6.88. The van der Waals surface area contributed by atoms with Crippen LogP contribution >= 0.6 is 0 Å². The molecule has 2 heteroatoms. The molecule has 38 heavy (non-hydrogen) atoms. The minimum Gasteiger partial charge on any atom is -0.355 e. The first kappa shape index (κ1) is 34.2. The van der Waals surface area contributed by atoms with Gasteiger partial charge in [-0.2, -0.15) is 0 Å². The maximum absolute atomic E-state index is 3.44. The second-order valence-electron chi connectivity index (χ2n) is 7.39. The van der Waals surface area contributed by atoms with Crippen LogP contribution in [0.2, 0.25) is 0 Å². The summed E-state index contributed by atoms with van der Waals surface area (Å²) in [4.78, 5) is 0. The minimum atomic E-state index is 1.17. The summed E-state index contributed by atoms with van der Waals surface area (Å²) in [6.45, 7) is 20.2. The van der Waals surface area contributed by atoms with Gasteiger partial charge in [0, 0.05) is 22.7 Å². The van der Waals surface area contributed by atoms with E-state index in [2.05, 4.69) is 109 Å². The lowest BCUT2D eigenvalue weighted by Gasteiger charge is -2.11. The monoisotopic (exact) mass is 510 g/mol. The van der Waals surface area contributed by atoms with Crippen LogP contribution in [-0.2, 0) is 0 Å². The van der Waals surface area contributed by atoms with Crippen molar-refractivity contribution in [2.24, 2.45) is 0 Å². The molecule has 2 nitrogen and oxygen atoms in total. The van der Waals surface area contributed by atoms with Crippen molar-refractivity contribution in [3.8, 4) is 0 Å². The quantitative estimate of drug-likeness (QED) is 0.247. The highest BCUT2D eigenvalue weighted by Crippen LogP contribution is 2.29. The molecule has 0 amide bonds. The zero-order valence-electron chi connectivity index (χ0n) is 25.4. The van der Waals surface area contributed by atoms with Gasteiger partial charge in [-0.25, -0.2) is 0 Å². The highest BCUT2D eigenvalue weighted by atomic mass is 14.9. The van der Waals surface area contributed by atoms with E-state index in [4.69, 9.17) is 0 Å². The molecule has 0 bridgehead atoms. The Hall–Kier alpha value is -3.78. The fourth-order valence-corrected chi connectivity index (χ4v) is 3.41. The Morgan fingerprint density at radius 2 is 0.737 bits per heavy atom. The maximum atomic E-state index is 3.44. The van der Waals surface area contributed by atoms with Gasteiger partial charge in [-0.15, -0.1) is 0 Å². The van der Waals surface area contributed by atoms with Crippen molar-refractivity contribution in [2.75, 3.05) is 10.6 Å². The number of hydrogen-bond acceptors (Lipinski definition) is 2. The zero-order chi connectivity index (χ0) is 28.8. The number of fused-ring (bicyclic) bond motifs is 2.